The van der Waals surface area contributed by atoms with Crippen LogP contribution >= 0.6 is 0 Å². The highest BCUT2D eigenvalue weighted by atomic mass is 16.6. The van der Waals surface area contributed by atoms with Gasteiger partial charge in [-0.2, -0.15) is 0 Å². The molecule has 34 heavy (non-hydrogen) atoms. The van der Waals surface area contributed by atoms with Crippen molar-refractivity contribution in [2.45, 2.75) is 6.04 Å². The van der Waals surface area contributed by atoms with Gasteiger partial charge in [-0.25, -0.2) is 0 Å². The molecule has 0 aromatic heterocycles. The lowest BCUT2D eigenvalue weighted by molar-refractivity contribution is -0.385. The number of amides is 1. The Balaban J connectivity index is 1.99. The van der Waals surface area contributed by atoms with Crippen molar-refractivity contribution in [1.82, 2.24) is 5.32 Å². The van der Waals surface area contributed by atoms with E-state index < -0.39 is 22.6 Å². The summed E-state index contributed by atoms with van der Waals surface area (Å²) in [5.41, 5.74) is 1.06. The van der Waals surface area contributed by atoms with E-state index in [9.17, 15) is 14.9 Å². The van der Waals surface area contributed by atoms with Crippen molar-refractivity contribution >= 4 is 11.6 Å². The Labute approximate surface area is 197 Å². The summed E-state index contributed by atoms with van der Waals surface area (Å²) in [5, 5.41) is 14.7. The minimum absolute atomic E-state index is 0.143. The summed E-state index contributed by atoms with van der Waals surface area (Å²) < 4.78 is 21.0. The predicted molar refractivity (Wildman–Crippen MR) is 126 cm³/mol. The smallest absolute Gasteiger partial charge is 0.286 e. The third kappa shape index (κ3) is 5.81. The van der Waals surface area contributed by atoms with Crippen molar-refractivity contribution in [2.24, 2.45) is 0 Å². The molecule has 3 aromatic rings. The van der Waals surface area contributed by atoms with Crippen LogP contribution in [-0.2, 0) is 4.74 Å². The fourth-order valence-corrected chi connectivity index (χ4v) is 3.40. The molecule has 0 saturated carbocycles. The monoisotopic (exact) mass is 466 g/mol. The van der Waals surface area contributed by atoms with E-state index in [-0.39, 0.29) is 23.7 Å². The Hall–Kier alpha value is -4.11. The minimum atomic E-state index is -0.627. The van der Waals surface area contributed by atoms with Gasteiger partial charge in [0, 0.05) is 13.2 Å². The van der Waals surface area contributed by atoms with E-state index in [4.69, 9.17) is 18.9 Å². The van der Waals surface area contributed by atoms with Crippen LogP contribution in [0, 0.1) is 10.1 Å². The summed E-state index contributed by atoms with van der Waals surface area (Å²) in [6, 6.07) is 18.5. The van der Waals surface area contributed by atoms with Gasteiger partial charge in [-0.15, -0.1) is 0 Å². The lowest BCUT2D eigenvalue weighted by atomic mass is 9.98. The Morgan fingerprint density at radius 2 is 1.59 bits per heavy atom. The van der Waals surface area contributed by atoms with E-state index in [2.05, 4.69) is 5.32 Å². The Morgan fingerprint density at radius 1 is 0.912 bits per heavy atom. The number of carbonyl (C=O) groups is 1. The van der Waals surface area contributed by atoms with Gasteiger partial charge in [0.25, 0.3) is 11.6 Å². The van der Waals surface area contributed by atoms with E-state index in [1.54, 1.807) is 19.2 Å². The summed E-state index contributed by atoms with van der Waals surface area (Å²) in [6.07, 6.45) is 0. The van der Waals surface area contributed by atoms with Crippen LogP contribution in [0.15, 0.2) is 66.7 Å². The zero-order chi connectivity index (χ0) is 24.5. The van der Waals surface area contributed by atoms with Crippen LogP contribution in [0.5, 0.6) is 17.2 Å². The standard InChI is InChI=1S/C25H26N2O7/c1-31-13-14-34-23-16-21(27(29)30)20(15-22(23)33-3)25(28)26-24(17-7-5-4-6-8-17)18-9-11-19(32-2)12-10-18/h4-12,15-16,24H,13-14H2,1-3H3,(H,26,28). The SMILES string of the molecule is COCCOc1cc([N+](=O)[O-])c(C(=O)NC(c2ccccc2)c2ccc(OC)cc2)cc1OC. The second-order valence-corrected chi connectivity index (χ2v) is 7.21. The Morgan fingerprint density at radius 3 is 2.18 bits per heavy atom. The third-order valence-corrected chi connectivity index (χ3v) is 5.13. The average molecular weight is 466 g/mol. The topological polar surface area (TPSA) is 109 Å². The summed E-state index contributed by atoms with van der Waals surface area (Å²) in [4.78, 5) is 24.5. The summed E-state index contributed by atoms with van der Waals surface area (Å²) in [5.74, 6) is 0.398. The molecule has 1 atom stereocenters. The van der Waals surface area contributed by atoms with Gasteiger partial charge in [0.2, 0.25) is 0 Å². The molecule has 0 aliphatic rings. The van der Waals surface area contributed by atoms with Crippen molar-refractivity contribution in [3.8, 4) is 17.2 Å². The molecule has 1 unspecified atom stereocenters. The Kier molecular flexibility index (Phi) is 8.42. The number of nitrogens with zero attached hydrogens (tertiary/aromatic N) is 1. The van der Waals surface area contributed by atoms with Crippen LogP contribution < -0.4 is 19.5 Å². The van der Waals surface area contributed by atoms with E-state index in [0.717, 1.165) is 11.1 Å². The third-order valence-electron chi connectivity index (χ3n) is 5.13. The first-order valence-electron chi connectivity index (χ1n) is 10.5. The van der Waals surface area contributed by atoms with E-state index in [0.29, 0.717) is 12.4 Å². The van der Waals surface area contributed by atoms with Gasteiger partial charge < -0.3 is 24.3 Å². The van der Waals surface area contributed by atoms with Crippen LogP contribution in [0.1, 0.15) is 27.5 Å². The number of methoxy groups -OCH3 is 3. The second kappa shape index (κ2) is 11.7. The highest BCUT2D eigenvalue weighted by molar-refractivity contribution is 5.99. The minimum Gasteiger partial charge on any atom is -0.497 e. The number of benzene rings is 3. The predicted octanol–water partition coefficient (Wildman–Crippen LogP) is 4.16. The van der Waals surface area contributed by atoms with Crippen LogP contribution in [-0.4, -0.2) is 45.4 Å². The van der Waals surface area contributed by atoms with E-state index >= 15 is 0 Å². The van der Waals surface area contributed by atoms with Gasteiger partial charge in [-0.1, -0.05) is 42.5 Å². The molecule has 0 fully saturated rings. The number of nitrogens with one attached hydrogen (secondary N) is 1. The molecule has 3 aromatic carbocycles. The van der Waals surface area contributed by atoms with Gasteiger partial charge in [0.15, 0.2) is 11.5 Å². The molecule has 1 N–H and O–H groups in total. The zero-order valence-corrected chi connectivity index (χ0v) is 19.1. The lowest BCUT2D eigenvalue weighted by Crippen LogP contribution is -2.30. The number of hydrogen-bond acceptors (Lipinski definition) is 7. The molecule has 0 radical (unpaired) electrons. The number of rotatable bonds is 11. The largest absolute Gasteiger partial charge is 0.497 e. The number of ether oxygens (including phenoxy) is 4. The average Bonchev–Trinajstić information content (AvgIpc) is 2.87. The molecule has 9 nitrogen and oxygen atoms in total. The highest BCUT2D eigenvalue weighted by Crippen LogP contribution is 2.35. The Bertz CT molecular complexity index is 1120. The van der Waals surface area contributed by atoms with Gasteiger partial charge in [0.05, 0.1) is 37.9 Å². The second-order valence-electron chi connectivity index (χ2n) is 7.21. The molecule has 3 rings (SSSR count). The highest BCUT2D eigenvalue weighted by Gasteiger charge is 2.27. The molecule has 178 valence electrons. The van der Waals surface area contributed by atoms with Crippen LogP contribution in [0.3, 0.4) is 0 Å². The molecule has 9 heteroatoms. The normalized spacial score (nSPS) is 11.4. The van der Waals surface area contributed by atoms with Gasteiger partial charge in [-0.3, -0.25) is 14.9 Å². The number of hydrogen-bond donors (Lipinski definition) is 1. The van der Waals surface area contributed by atoms with Crippen LogP contribution in [0.2, 0.25) is 0 Å². The fraction of sp³-hybridized carbons (Fsp3) is 0.240. The molecule has 0 spiro atoms. The molecule has 0 heterocycles. The van der Waals surface area contributed by atoms with E-state index in [1.165, 1.54) is 26.4 Å². The molecular formula is C25H26N2O7. The first kappa shape index (κ1) is 24.5. The molecular weight excluding hydrogens is 440 g/mol. The first-order chi connectivity index (χ1) is 16.5. The zero-order valence-electron chi connectivity index (χ0n) is 19.1. The summed E-state index contributed by atoms with van der Waals surface area (Å²) >= 11 is 0. The summed E-state index contributed by atoms with van der Waals surface area (Å²) in [7, 11) is 4.49. The quantitative estimate of drug-likeness (QED) is 0.257. The molecule has 0 saturated heterocycles. The molecule has 1 amide bonds. The molecule has 0 aliphatic heterocycles. The summed E-state index contributed by atoms with van der Waals surface area (Å²) in [6.45, 7) is 0.461. The van der Waals surface area contributed by atoms with Gasteiger partial charge >= 0.3 is 0 Å². The fourth-order valence-electron chi connectivity index (χ4n) is 3.40. The number of nitro benzene ring substituents is 1. The van der Waals surface area contributed by atoms with Crippen molar-refractivity contribution in [3.63, 3.8) is 0 Å². The van der Waals surface area contributed by atoms with Crippen LogP contribution in [0.25, 0.3) is 0 Å². The maximum absolute atomic E-state index is 13.3. The maximum Gasteiger partial charge on any atom is 0.286 e. The van der Waals surface area contributed by atoms with Crippen molar-refractivity contribution < 1.29 is 28.7 Å². The van der Waals surface area contributed by atoms with Crippen molar-refractivity contribution in [2.75, 3.05) is 34.5 Å². The van der Waals surface area contributed by atoms with Gasteiger partial charge in [-0.05, 0) is 23.3 Å². The lowest BCUT2D eigenvalue weighted by Gasteiger charge is -2.21. The first-order valence-corrected chi connectivity index (χ1v) is 10.5. The molecule has 0 aliphatic carbocycles. The maximum atomic E-state index is 13.3. The molecule has 0 bridgehead atoms. The van der Waals surface area contributed by atoms with Crippen molar-refractivity contribution in [3.05, 3.63) is 93.5 Å². The van der Waals surface area contributed by atoms with E-state index in [1.807, 2.05) is 42.5 Å². The van der Waals surface area contributed by atoms with Crippen LogP contribution in [0.4, 0.5) is 5.69 Å². The number of nitro groups is 1. The van der Waals surface area contributed by atoms with Crippen molar-refractivity contribution in [1.29, 1.82) is 0 Å². The number of carbonyl (C=O) groups excluding carboxylic acids is 1. The van der Waals surface area contributed by atoms with Gasteiger partial charge in [0.1, 0.15) is 17.9 Å².